The first-order valence-corrected chi connectivity index (χ1v) is 9.22. The van der Waals surface area contributed by atoms with E-state index in [9.17, 15) is 18.8 Å². The molecule has 0 spiro atoms. The van der Waals surface area contributed by atoms with Crippen LogP contribution >= 0.6 is 0 Å². The lowest BCUT2D eigenvalue weighted by Gasteiger charge is -2.27. The molecule has 1 fully saturated rings. The van der Waals surface area contributed by atoms with Crippen molar-refractivity contribution < 1.29 is 18.7 Å². The second-order valence-electron chi connectivity index (χ2n) is 7.00. The van der Waals surface area contributed by atoms with Gasteiger partial charge in [0.2, 0.25) is 0 Å². The molecule has 0 radical (unpaired) electrons. The van der Waals surface area contributed by atoms with Gasteiger partial charge in [0.1, 0.15) is 5.75 Å². The Bertz CT molecular complexity index is 1190. The van der Waals surface area contributed by atoms with Crippen molar-refractivity contribution >= 4 is 11.9 Å². The number of rotatable bonds is 5. The number of carbonyl (C=O) groups is 2. The van der Waals surface area contributed by atoms with E-state index in [1.54, 1.807) is 43.3 Å². The molecule has 1 aliphatic rings. The largest absolute Gasteiger partial charge is 0.454 e. The van der Waals surface area contributed by atoms with Crippen LogP contribution in [0, 0.1) is 12.7 Å². The van der Waals surface area contributed by atoms with E-state index in [1.807, 2.05) is 6.07 Å². The molecule has 1 atom stereocenters. The van der Waals surface area contributed by atoms with E-state index in [4.69, 9.17) is 4.74 Å². The first-order chi connectivity index (χ1) is 14.4. The van der Waals surface area contributed by atoms with E-state index in [0.29, 0.717) is 11.3 Å². The second kappa shape index (κ2) is 7.47. The van der Waals surface area contributed by atoms with E-state index < -0.39 is 23.3 Å². The van der Waals surface area contributed by atoms with Crippen molar-refractivity contribution in [2.45, 2.75) is 19.0 Å². The van der Waals surface area contributed by atoms with Gasteiger partial charge in [-0.3, -0.25) is 14.9 Å². The zero-order valence-corrected chi connectivity index (χ0v) is 16.0. The lowest BCUT2D eigenvalue weighted by molar-refractivity contribution is -0.124. The van der Waals surface area contributed by atoms with Crippen LogP contribution in [0.5, 0.6) is 11.5 Å². The fourth-order valence-electron chi connectivity index (χ4n) is 3.40. The van der Waals surface area contributed by atoms with Crippen LogP contribution in [0.25, 0.3) is 0 Å². The van der Waals surface area contributed by atoms with Crippen molar-refractivity contribution in [1.82, 2.24) is 15.2 Å². The maximum absolute atomic E-state index is 14.8. The minimum Gasteiger partial charge on any atom is -0.454 e. The number of halogens is 1. The standard InChI is InChI=1S/C22H18FN3O4/c1-14-6-5-11-26(19(14)27)13-22(20(28)24-21(29)25-22)15-9-10-18(17(23)12-15)30-16-7-3-2-4-8-16/h2-12H,13H2,1H3,(H2,24,25,28,29). The molecule has 2 heterocycles. The van der Waals surface area contributed by atoms with Gasteiger partial charge in [0.15, 0.2) is 17.1 Å². The molecule has 1 saturated heterocycles. The summed E-state index contributed by atoms with van der Waals surface area (Å²) >= 11 is 0. The molecule has 2 aromatic carbocycles. The van der Waals surface area contributed by atoms with Crippen LogP contribution in [0.4, 0.5) is 9.18 Å². The number of carbonyl (C=O) groups excluding carboxylic acids is 2. The number of nitrogens with one attached hydrogen (secondary N) is 2. The van der Waals surface area contributed by atoms with Crippen molar-refractivity contribution in [3.05, 3.63) is 94.2 Å². The maximum atomic E-state index is 14.8. The predicted octanol–water partition coefficient (Wildman–Crippen LogP) is 2.82. The molecule has 3 aromatic rings. The number of benzene rings is 2. The van der Waals surface area contributed by atoms with Crippen LogP contribution in [0.15, 0.2) is 71.7 Å². The highest BCUT2D eigenvalue weighted by Crippen LogP contribution is 2.32. The Hall–Kier alpha value is -3.94. The third kappa shape index (κ3) is 3.43. The van der Waals surface area contributed by atoms with Gasteiger partial charge in [0.25, 0.3) is 11.5 Å². The van der Waals surface area contributed by atoms with Gasteiger partial charge in [-0.15, -0.1) is 0 Å². The highest BCUT2D eigenvalue weighted by Gasteiger charge is 2.48. The average molecular weight is 407 g/mol. The predicted molar refractivity (Wildman–Crippen MR) is 107 cm³/mol. The summed E-state index contributed by atoms with van der Waals surface area (Å²) in [6, 6.07) is 15.3. The average Bonchev–Trinajstić information content (AvgIpc) is 3.01. The number of pyridine rings is 1. The fraction of sp³-hybridized carbons (Fsp3) is 0.136. The number of aryl methyl sites for hydroxylation is 1. The van der Waals surface area contributed by atoms with Crippen LogP contribution in [0.2, 0.25) is 0 Å². The summed E-state index contributed by atoms with van der Waals surface area (Å²) in [5.41, 5.74) is -1.27. The molecule has 1 aromatic heterocycles. The molecule has 7 nitrogen and oxygen atoms in total. The molecule has 30 heavy (non-hydrogen) atoms. The zero-order valence-electron chi connectivity index (χ0n) is 16.0. The second-order valence-corrected chi connectivity index (χ2v) is 7.00. The molecular weight excluding hydrogens is 389 g/mol. The van der Waals surface area contributed by atoms with E-state index in [0.717, 1.165) is 6.07 Å². The molecule has 1 aliphatic heterocycles. The lowest BCUT2D eigenvalue weighted by atomic mass is 9.89. The minimum absolute atomic E-state index is 0.0300. The van der Waals surface area contributed by atoms with Gasteiger partial charge in [-0.25, -0.2) is 9.18 Å². The van der Waals surface area contributed by atoms with Gasteiger partial charge in [-0.1, -0.05) is 30.3 Å². The Balaban J connectivity index is 1.74. The molecule has 1 unspecified atom stereocenters. The van der Waals surface area contributed by atoms with Crippen molar-refractivity contribution in [1.29, 1.82) is 0 Å². The van der Waals surface area contributed by atoms with E-state index in [1.165, 1.54) is 22.9 Å². The molecule has 0 saturated carbocycles. The molecule has 8 heteroatoms. The van der Waals surface area contributed by atoms with Gasteiger partial charge in [0.05, 0.1) is 6.54 Å². The molecular formula is C22H18FN3O4. The molecule has 0 aliphatic carbocycles. The van der Waals surface area contributed by atoms with Gasteiger partial charge in [-0.2, -0.15) is 0 Å². The van der Waals surface area contributed by atoms with Crippen molar-refractivity contribution in [3.63, 3.8) is 0 Å². The van der Waals surface area contributed by atoms with Gasteiger partial charge >= 0.3 is 6.03 Å². The summed E-state index contributed by atoms with van der Waals surface area (Å²) in [7, 11) is 0. The third-order valence-electron chi connectivity index (χ3n) is 4.96. The number of aromatic nitrogens is 1. The highest BCUT2D eigenvalue weighted by molar-refractivity contribution is 6.07. The summed E-state index contributed by atoms with van der Waals surface area (Å²) in [6.45, 7) is 1.46. The fourth-order valence-corrected chi connectivity index (χ4v) is 3.40. The molecule has 152 valence electrons. The SMILES string of the molecule is Cc1cccn(CC2(c3ccc(Oc4ccccc4)c(F)c3)NC(=O)NC2=O)c1=O. The number of para-hydroxylation sites is 1. The highest BCUT2D eigenvalue weighted by atomic mass is 19.1. The van der Waals surface area contributed by atoms with Crippen LogP contribution < -0.4 is 20.9 Å². The minimum atomic E-state index is -1.64. The Morgan fingerprint density at radius 1 is 1.03 bits per heavy atom. The number of ether oxygens (including phenoxy) is 1. The Kier molecular flexibility index (Phi) is 4.83. The number of amides is 3. The number of imide groups is 1. The monoisotopic (exact) mass is 407 g/mol. The van der Waals surface area contributed by atoms with Gasteiger partial charge in [0, 0.05) is 11.8 Å². The Morgan fingerprint density at radius 2 is 1.80 bits per heavy atom. The third-order valence-corrected chi connectivity index (χ3v) is 4.96. The molecule has 0 bridgehead atoms. The quantitative estimate of drug-likeness (QED) is 0.637. The van der Waals surface area contributed by atoms with Gasteiger partial charge in [-0.05, 0) is 42.8 Å². The van der Waals surface area contributed by atoms with Crippen molar-refractivity contribution in [3.8, 4) is 11.5 Å². The normalized spacial score (nSPS) is 18.1. The Morgan fingerprint density at radius 3 is 2.47 bits per heavy atom. The van der Waals surface area contributed by atoms with Crippen molar-refractivity contribution in [2.24, 2.45) is 0 Å². The summed E-state index contributed by atoms with van der Waals surface area (Å²) in [5.74, 6) is -0.951. The zero-order chi connectivity index (χ0) is 21.3. The van der Waals surface area contributed by atoms with Crippen LogP contribution in [-0.4, -0.2) is 16.5 Å². The molecule has 2 N–H and O–H groups in total. The van der Waals surface area contributed by atoms with Crippen molar-refractivity contribution in [2.75, 3.05) is 0 Å². The summed E-state index contributed by atoms with van der Waals surface area (Å²) in [5, 5.41) is 4.73. The van der Waals surface area contributed by atoms with Crippen LogP contribution in [0.3, 0.4) is 0 Å². The lowest BCUT2D eigenvalue weighted by Crippen LogP contribution is -2.49. The first-order valence-electron chi connectivity index (χ1n) is 9.22. The van der Waals surface area contributed by atoms with E-state index in [-0.39, 0.29) is 23.4 Å². The van der Waals surface area contributed by atoms with Gasteiger partial charge < -0.3 is 14.6 Å². The summed E-state index contributed by atoms with van der Waals surface area (Å²) < 4.78 is 21.7. The smallest absolute Gasteiger partial charge is 0.322 e. The number of nitrogens with zero attached hydrogens (tertiary/aromatic N) is 1. The summed E-state index contributed by atoms with van der Waals surface area (Å²) in [4.78, 5) is 37.1. The Labute approximate surface area is 171 Å². The van der Waals surface area contributed by atoms with E-state index in [2.05, 4.69) is 10.6 Å². The molecule has 4 rings (SSSR count). The first kappa shape index (κ1) is 19.4. The van der Waals surface area contributed by atoms with E-state index >= 15 is 0 Å². The number of urea groups is 1. The summed E-state index contributed by atoms with van der Waals surface area (Å²) in [6.07, 6.45) is 1.51. The van der Waals surface area contributed by atoms with Crippen LogP contribution in [0.1, 0.15) is 11.1 Å². The van der Waals surface area contributed by atoms with Crippen LogP contribution in [-0.2, 0) is 16.9 Å². The number of hydrogen-bond donors (Lipinski definition) is 2. The number of hydrogen-bond acceptors (Lipinski definition) is 4. The maximum Gasteiger partial charge on any atom is 0.322 e. The topological polar surface area (TPSA) is 89.4 Å². The molecule has 3 amide bonds.